The third kappa shape index (κ3) is 1.63. The molecule has 1 nitrogen and oxygen atoms in total. The molecule has 0 saturated heterocycles. The number of halogens is 5. The van der Waals surface area contributed by atoms with Crippen LogP contribution in [-0.4, -0.2) is 11.8 Å². The van der Waals surface area contributed by atoms with Crippen molar-refractivity contribution in [1.82, 2.24) is 0 Å². The SMILES string of the molecule is Cc1ccccc1COC1(F)C(F)=C(F)C1(F)F. The van der Waals surface area contributed by atoms with Crippen molar-refractivity contribution in [2.24, 2.45) is 0 Å². The Labute approximate surface area is 99.9 Å². The van der Waals surface area contributed by atoms with Gasteiger partial charge in [-0.15, -0.1) is 0 Å². The van der Waals surface area contributed by atoms with Gasteiger partial charge in [-0.05, 0) is 18.1 Å². The number of hydrogen-bond donors (Lipinski definition) is 0. The predicted octanol–water partition coefficient (Wildman–Crippen LogP) is 3.98. The Morgan fingerprint density at radius 1 is 1.06 bits per heavy atom. The zero-order chi connectivity index (χ0) is 13.6. The normalized spacial score (nSPS) is 26.1. The molecule has 1 aliphatic rings. The molecule has 0 bridgehead atoms. The van der Waals surface area contributed by atoms with Crippen LogP contribution in [0.3, 0.4) is 0 Å². The van der Waals surface area contributed by atoms with Crippen molar-refractivity contribution in [1.29, 1.82) is 0 Å². The molecule has 0 fully saturated rings. The minimum absolute atomic E-state index is 0.422. The lowest BCUT2D eigenvalue weighted by Crippen LogP contribution is -2.56. The van der Waals surface area contributed by atoms with Crippen LogP contribution >= 0.6 is 0 Å². The van der Waals surface area contributed by atoms with E-state index in [2.05, 4.69) is 4.74 Å². The van der Waals surface area contributed by atoms with Crippen LogP contribution in [0, 0.1) is 6.92 Å². The van der Waals surface area contributed by atoms with E-state index >= 15 is 0 Å². The summed E-state index contributed by atoms with van der Waals surface area (Å²) in [7, 11) is 0. The molecule has 0 spiro atoms. The number of aryl methyl sites for hydroxylation is 1. The molecule has 0 aromatic heterocycles. The number of ether oxygens (including phenoxy) is 1. The van der Waals surface area contributed by atoms with Crippen LogP contribution in [0.25, 0.3) is 0 Å². The monoisotopic (exact) mass is 264 g/mol. The summed E-state index contributed by atoms with van der Waals surface area (Å²) in [5, 5.41) is 0. The Hall–Kier alpha value is -1.43. The van der Waals surface area contributed by atoms with Gasteiger partial charge < -0.3 is 4.74 Å². The number of hydrogen-bond acceptors (Lipinski definition) is 1. The fourth-order valence-corrected chi connectivity index (χ4v) is 1.60. The van der Waals surface area contributed by atoms with Crippen LogP contribution in [0.4, 0.5) is 22.0 Å². The lowest BCUT2D eigenvalue weighted by molar-refractivity contribution is -0.288. The van der Waals surface area contributed by atoms with E-state index in [0.717, 1.165) is 0 Å². The Morgan fingerprint density at radius 3 is 2.22 bits per heavy atom. The van der Waals surface area contributed by atoms with Crippen molar-refractivity contribution in [2.45, 2.75) is 25.3 Å². The van der Waals surface area contributed by atoms with Crippen molar-refractivity contribution in [3.8, 4) is 0 Å². The molecule has 0 aliphatic heterocycles. The van der Waals surface area contributed by atoms with Crippen LogP contribution in [0.15, 0.2) is 35.9 Å². The van der Waals surface area contributed by atoms with Gasteiger partial charge in [0.05, 0.1) is 6.61 Å². The van der Waals surface area contributed by atoms with Gasteiger partial charge in [0, 0.05) is 0 Å². The first-order chi connectivity index (χ1) is 8.30. The lowest BCUT2D eigenvalue weighted by Gasteiger charge is -2.38. The van der Waals surface area contributed by atoms with E-state index in [1.54, 1.807) is 25.1 Å². The van der Waals surface area contributed by atoms with E-state index in [0.29, 0.717) is 11.1 Å². The van der Waals surface area contributed by atoms with Crippen LogP contribution in [-0.2, 0) is 11.3 Å². The molecule has 6 heteroatoms. The quantitative estimate of drug-likeness (QED) is 0.750. The summed E-state index contributed by atoms with van der Waals surface area (Å²) in [4.78, 5) is 0. The second-order valence-electron chi connectivity index (χ2n) is 4.01. The summed E-state index contributed by atoms with van der Waals surface area (Å²) < 4.78 is 68.7. The molecule has 2 rings (SSSR count). The summed E-state index contributed by atoms with van der Waals surface area (Å²) in [5.41, 5.74) is 1.10. The molecule has 1 aromatic rings. The molecule has 1 unspecified atom stereocenters. The molecule has 1 atom stereocenters. The van der Waals surface area contributed by atoms with E-state index in [1.165, 1.54) is 6.07 Å². The third-order valence-electron chi connectivity index (χ3n) is 2.84. The van der Waals surface area contributed by atoms with Gasteiger partial charge in [-0.3, -0.25) is 0 Å². The molecule has 0 heterocycles. The summed E-state index contributed by atoms with van der Waals surface area (Å²) >= 11 is 0. The maximum absolute atomic E-state index is 13.5. The highest BCUT2D eigenvalue weighted by molar-refractivity contribution is 5.35. The molecular formula is C12H9F5O. The molecule has 98 valence electrons. The zero-order valence-electron chi connectivity index (χ0n) is 9.31. The number of alkyl halides is 3. The standard InChI is InChI=1S/C12H9F5O/c1-7-4-2-3-5-8(7)6-18-12(17)10(14)9(13)11(12,15)16/h2-5H,6H2,1H3. The molecule has 1 aromatic carbocycles. The van der Waals surface area contributed by atoms with E-state index < -0.39 is 30.0 Å². The van der Waals surface area contributed by atoms with Crippen LogP contribution in [0.5, 0.6) is 0 Å². The molecule has 0 radical (unpaired) electrons. The summed E-state index contributed by atoms with van der Waals surface area (Å²) in [6.45, 7) is 1.09. The number of benzene rings is 1. The van der Waals surface area contributed by atoms with Gasteiger partial charge in [0.1, 0.15) is 0 Å². The van der Waals surface area contributed by atoms with Crippen molar-refractivity contribution >= 4 is 0 Å². The summed E-state index contributed by atoms with van der Waals surface area (Å²) in [6.07, 6.45) is 0. The number of rotatable bonds is 3. The Kier molecular flexibility index (Phi) is 2.93. The molecule has 18 heavy (non-hydrogen) atoms. The fourth-order valence-electron chi connectivity index (χ4n) is 1.60. The fraction of sp³-hybridized carbons (Fsp3) is 0.333. The van der Waals surface area contributed by atoms with E-state index in [9.17, 15) is 22.0 Å². The minimum Gasteiger partial charge on any atom is -0.331 e. The van der Waals surface area contributed by atoms with Gasteiger partial charge in [-0.2, -0.15) is 13.2 Å². The van der Waals surface area contributed by atoms with Gasteiger partial charge in [0.15, 0.2) is 0 Å². The summed E-state index contributed by atoms with van der Waals surface area (Å²) in [5.74, 6) is -13.2. The highest BCUT2D eigenvalue weighted by Crippen LogP contribution is 2.56. The maximum Gasteiger partial charge on any atom is 0.365 e. The first-order valence-corrected chi connectivity index (χ1v) is 5.12. The molecule has 0 N–H and O–H groups in total. The van der Waals surface area contributed by atoms with Crippen molar-refractivity contribution < 1.29 is 26.7 Å². The van der Waals surface area contributed by atoms with Crippen molar-refractivity contribution in [3.05, 3.63) is 47.0 Å². The third-order valence-corrected chi connectivity index (χ3v) is 2.84. The van der Waals surface area contributed by atoms with Crippen LogP contribution < -0.4 is 0 Å². The largest absolute Gasteiger partial charge is 0.365 e. The second kappa shape index (κ2) is 4.05. The lowest BCUT2D eigenvalue weighted by atomic mass is 9.95. The topological polar surface area (TPSA) is 9.23 Å². The summed E-state index contributed by atoms with van der Waals surface area (Å²) in [6, 6.07) is 6.48. The van der Waals surface area contributed by atoms with Gasteiger partial charge in [0.2, 0.25) is 11.7 Å². The molecular weight excluding hydrogens is 255 g/mol. The smallest absolute Gasteiger partial charge is 0.331 e. The molecule has 0 saturated carbocycles. The van der Waals surface area contributed by atoms with Crippen molar-refractivity contribution in [3.63, 3.8) is 0 Å². The Morgan fingerprint density at radius 2 is 1.67 bits per heavy atom. The van der Waals surface area contributed by atoms with E-state index in [-0.39, 0.29) is 0 Å². The highest BCUT2D eigenvalue weighted by Gasteiger charge is 2.74. The van der Waals surface area contributed by atoms with Gasteiger partial charge in [-0.1, -0.05) is 24.3 Å². The minimum atomic E-state index is -4.57. The predicted molar refractivity (Wildman–Crippen MR) is 54.0 cm³/mol. The Bertz CT molecular complexity index is 511. The average Bonchev–Trinajstić information content (AvgIpc) is 2.35. The van der Waals surface area contributed by atoms with Crippen LogP contribution in [0.2, 0.25) is 0 Å². The first kappa shape index (κ1) is 13.0. The van der Waals surface area contributed by atoms with Gasteiger partial charge in [-0.25, -0.2) is 8.78 Å². The average molecular weight is 264 g/mol. The van der Waals surface area contributed by atoms with Gasteiger partial charge >= 0.3 is 11.8 Å². The van der Waals surface area contributed by atoms with E-state index in [4.69, 9.17) is 0 Å². The zero-order valence-corrected chi connectivity index (χ0v) is 9.31. The maximum atomic E-state index is 13.5. The first-order valence-electron chi connectivity index (χ1n) is 5.12. The Balaban J connectivity index is 2.15. The molecule has 1 aliphatic carbocycles. The molecule has 0 amide bonds. The van der Waals surface area contributed by atoms with E-state index in [1.807, 2.05) is 0 Å². The second-order valence-corrected chi connectivity index (χ2v) is 4.01. The van der Waals surface area contributed by atoms with Crippen LogP contribution in [0.1, 0.15) is 11.1 Å². The van der Waals surface area contributed by atoms with Gasteiger partial charge in [0.25, 0.3) is 0 Å². The van der Waals surface area contributed by atoms with Crippen molar-refractivity contribution in [2.75, 3.05) is 0 Å². The highest BCUT2D eigenvalue weighted by atomic mass is 19.3.